The predicted molar refractivity (Wildman–Crippen MR) is 146 cm³/mol. The third kappa shape index (κ3) is 3.88. The van der Waals surface area contributed by atoms with Crippen LogP contribution >= 0.6 is 0 Å². The molecule has 2 amide bonds. The van der Waals surface area contributed by atoms with Gasteiger partial charge in [0.2, 0.25) is 0 Å². The van der Waals surface area contributed by atoms with Gasteiger partial charge in [0.25, 0.3) is 5.91 Å². The molecule has 2 aromatic rings. The van der Waals surface area contributed by atoms with Crippen molar-refractivity contribution < 1.29 is 14.3 Å². The van der Waals surface area contributed by atoms with E-state index in [-0.39, 0.29) is 30.2 Å². The number of pyridine rings is 2. The van der Waals surface area contributed by atoms with Gasteiger partial charge < -0.3 is 15.0 Å². The number of allylic oxidation sites excluding steroid dienone is 2. The Morgan fingerprint density at radius 1 is 1.18 bits per heavy atom. The molecular weight excluding hydrogens is 480 g/mol. The molecule has 2 aliphatic carbocycles. The fraction of sp³-hybridized carbons (Fsp3) is 0.448. The second-order valence-corrected chi connectivity index (χ2v) is 11.0. The van der Waals surface area contributed by atoms with Crippen LogP contribution in [0.1, 0.15) is 55.2 Å². The zero-order chi connectivity index (χ0) is 26.7. The zero-order valence-electron chi connectivity index (χ0n) is 22.6. The summed E-state index contributed by atoms with van der Waals surface area (Å²) in [6, 6.07) is 7.47. The summed E-state index contributed by atoms with van der Waals surface area (Å²) in [7, 11) is 3.86. The lowest BCUT2D eigenvalue weighted by Crippen LogP contribution is -2.37. The van der Waals surface area contributed by atoms with Crippen LogP contribution in [0.2, 0.25) is 0 Å². The predicted octanol–water partition coefficient (Wildman–Crippen LogP) is 4.19. The van der Waals surface area contributed by atoms with Gasteiger partial charge in [-0.2, -0.15) is 0 Å². The van der Waals surface area contributed by atoms with E-state index in [4.69, 9.17) is 14.7 Å². The number of amides is 2. The van der Waals surface area contributed by atoms with Crippen molar-refractivity contribution in [3.8, 4) is 0 Å². The van der Waals surface area contributed by atoms with Crippen LogP contribution in [-0.4, -0.2) is 54.3 Å². The number of nitrogens with one attached hydrogen (secondary N) is 1. The zero-order valence-corrected chi connectivity index (χ0v) is 22.6. The number of anilines is 3. The van der Waals surface area contributed by atoms with E-state index in [2.05, 4.69) is 43.1 Å². The highest BCUT2D eigenvalue weighted by Crippen LogP contribution is 2.45. The Morgan fingerprint density at radius 3 is 2.74 bits per heavy atom. The van der Waals surface area contributed by atoms with E-state index in [0.29, 0.717) is 36.2 Å². The second kappa shape index (κ2) is 9.23. The Morgan fingerprint density at radius 2 is 1.97 bits per heavy atom. The number of aromatic nitrogens is 2. The second-order valence-electron chi connectivity index (χ2n) is 11.0. The maximum Gasteiger partial charge on any atom is 0.416 e. The molecule has 4 aliphatic rings. The van der Waals surface area contributed by atoms with Crippen molar-refractivity contribution in [3.63, 3.8) is 0 Å². The highest BCUT2D eigenvalue weighted by molar-refractivity contribution is 6.10. The molecule has 0 aromatic carbocycles. The molecule has 38 heavy (non-hydrogen) atoms. The summed E-state index contributed by atoms with van der Waals surface area (Å²) in [6.45, 7) is 7.32. The SMILES string of the molecule is CNCc1nc(N(C)C(C)C)cc2c1CN(c1cccc(N3C(=O)O[C@H]4CC5=C(CC(C)C=C5)[C@H]43)n1)C2=O. The topological polar surface area (TPSA) is 90.9 Å². The summed E-state index contributed by atoms with van der Waals surface area (Å²) >= 11 is 0. The molecule has 0 radical (unpaired) electrons. The fourth-order valence-corrected chi connectivity index (χ4v) is 5.95. The van der Waals surface area contributed by atoms with Crippen LogP contribution in [0.15, 0.2) is 47.6 Å². The van der Waals surface area contributed by atoms with Gasteiger partial charge in [-0.25, -0.2) is 14.8 Å². The van der Waals surface area contributed by atoms with E-state index in [9.17, 15) is 9.59 Å². The molecular formula is C29H34N6O3. The third-order valence-corrected chi connectivity index (χ3v) is 8.15. The Labute approximate surface area is 223 Å². The molecule has 6 rings (SSSR count). The monoisotopic (exact) mass is 514 g/mol. The Hall–Kier alpha value is -3.72. The molecule has 1 fully saturated rings. The van der Waals surface area contributed by atoms with E-state index < -0.39 is 0 Å². The van der Waals surface area contributed by atoms with Gasteiger partial charge in [-0.3, -0.25) is 14.6 Å². The number of ether oxygens (including phenoxy) is 1. The number of carbonyl (C=O) groups is 2. The van der Waals surface area contributed by atoms with Crippen molar-refractivity contribution in [1.82, 2.24) is 15.3 Å². The smallest absolute Gasteiger partial charge is 0.416 e. The quantitative estimate of drug-likeness (QED) is 0.618. The minimum atomic E-state index is -0.378. The minimum Gasteiger partial charge on any atom is -0.443 e. The maximum absolute atomic E-state index is 13.7. The van der Waals surface area contributed by atoms with Crippen LogP contribution in [0, 0.1) is 5.92 Å². The van der Waals surface area contributed by atoms with Crippen LogP contribution < -0.4 is 20.0 Å². The van der Waals surface area contributed by atoms with Gasteiger partial charge in [0, 0.05) is 31.6 Å². The highest BCUT2D eigenvalue weighted by atomic mass is 16.6. The van der Waals surface area contributed by atoms with Gasteiger partial charge in [-0.05, 0) is 62.6 Å². The fourth-order valence-electron chi connectivity index (χ4n) is 5.95. The first-order valence-electron chi connectivity index (χ1n) is 13.4. The van der Waals surface area contributed by atoms with Crippen LogP contribution in [-0.2, 0) is 17.8 Å². The van der Waals surface area contributed by atoms with Crippen molar-refractivity contribution in [2.45, 2.75) is 64.9 Å². The molecule has 2 aliphatic heterocycles. The van der Waals surface area contributed by atoms with Gasteiger partial charge in [0.15, 0.2) is 0 Å². The van der Waals surface area contributed by atoms with E-state index in [1.807, 2.05) is 38.4 Å². The first-order chi connectivity index (χ1) is 18.3. The molecule has 0 bridgehead atoms. The van der Waals surface area contributed by atoms with E-state index in [1.165, 1.54) is 11.1 Å². The number of fused-ring (bicyclic) bond motifs is 3. The van der Waals surface area contributed by atoms with Crippen LogP contribution in [0.3, 0.4) is 0 Å². The lowest BCUT2D eigenvalue weighted by molar-refractivity contribution is 0.0995. The van der Waals surface area contributed by atoms with Gasteiger partial charge in [-0.15, -0.1) is 0 Å². The van der Waals surface area contributed by atoms with Crippen LogP contribution in [0.5, 0.6) is 0 Å². The number of nitrogens with zero attached hydrogens (tertiary/aromatic N) is 5. The molecule has 0 spiro atoms. The van der Waals surface area contributed by atoms with Crippen LogP contribution in [0.4, 0.5) is 22.2 Å². The summed E-state index contributed by atoms with van der Waals surface area (Å²) < 4.78 is 5.79. The number of hydrogen-bond donors (Lipinski definition) is 1. The molecule has 198 valence electrons. The largest absolute Gasteiger partial charge is 0.443 e. The summed E-state index contributed by atoms with van der Waals surface area (Å²) in [4.78, 5) is 41.9. The molecule has 9 heteroatoms. The molecule has 2 aromatic heterocycles. The third-order valence-electron chi connectivity index (χ3n) is 8.15. The van der Waals surface area contributed by atoms with Crippen molar-refractivity contribution >= 4 is 29.5 Å². The average molecular weight is 515 g/mol. The standard InChI is InChI=1S/C29H34N6O3/c1-16(2)33(5)26-13-20-21(22(31-26)14-30-4)15-34(28(20)36)24-7-6-8-25(32-24)35-27-19-11-17(3)9-10-18(19)12-23(27)38-29(35)37/h6-10,13,16-17,23,27,30H,11-12,14-15H2,1-5H3/t17?,23-,27+/m0/s1. The normalized spacial score (nSPS) is 23.8. The number of rotatable bonds is 6. The van der Waals surface area contributed by atoms with E-state index >= 15 is 0 Å². The first-order valence-corrected chi connectivity index (χ1v) is 13.4. The van der Waals surface area contributed by atoms with Crippen molar-refractivity contribution in [2.24, 2.45) is 5.92 Å². The van der Waals surface area contributed by atoms with Gasteiger partial charge >= 0.3 is 6.09 Å². The van der Waals surface area contributed by atoms with Crippen LogP contribution in [0.25, 0.3) is 0 Å². The Balaban J connectivity index is 1.34. The summed E-state index contributed by atoms with van der Waals surface area (Å²) in [6.07, 6.45) is 5.48. The van der Waals surface area contributed by atoms with E-state index in [1.54, 1.807) is 9.80 Å². The first kappa shape index (κ1) is 24.6. The minimum absolute atomic E-state index is 0.109. The molecule has 3 atom stereocenters. The van der Waals surface area contributed by atoms with E-state index in [0.717, 1.165) is 29.9 Å². The molecule has 1 unspecified atom stereocenters. The molecule has 9 nitrogen and oxygen atoms in total. The molecule has 1 N–H and O–H groups in total. The summed E-state index contributed by atoms with van der Waals surface area (Å²) in [5, 5.41) is 3.18. The number of carbonyl (C=O) groups excluding carboxylic acids is 2. The lowest BCUT2D eigenvalue weighted by atomic mass is 9.90. The van der Waals surface area contributed by atoms with Gasteiger partial charge in [0.1, 0.15) is 29.6 Å². The van der Waals surface area contributed by atoms with Gasteiger partial charge in [-0.1, -0.05) is 25.1 Å². The summed E-state index contributed by atoms with van der Waals surface area (Å²) in [5.41, 5.74) is 4.94. The number of hydrogen-bond acceptors (Lipinski definition) is 7. The Kier molecular flexibility index (Phi) is 5.98. The highest BCUT2D eigenvalue weighted by Gasteiger charge is 2.50. The molecule has 0 saturated carbocycles. The van der Waals surface area contributed by atoms with Gasteiger partial charge in [0.05, 0.1) is 17.8 Å². The summed E-state index contributed by atoms with van der Waals surface area (Å²) in [5.74, 6) is 2.10. The Bertz CT molecular complexity index is 1380. The van der Waals surface area contributed by atoms with Crippen molar-refractivity contribution in [1.29, 1.82) is 0 Å². The van der Waals surface area contributed by atoms with Crippen molar-refractivity contribution in [3.05, 3.63) is 64.4 Å². The van der Waals surface area contributed by atoms with Crippen molar-refractivity contribution in [2.75, 3.05) is 28.8 Å². The maximum atomic E-state index is 13.7. The molecule has 1 saturated heterocycles. The average Bonchev–Trinajstić information content (AvgIpc) is 3.52. The molecule has 4 heterocycles. The lowest BCUT2D eigenvalue weighted by Gasteiger charge is -2.26.